The first-order valence-electron chi connectivity index (χ1n) is 4.56. The smallest absolute Gasteiger partial charge is 0.153 e. The fourth-order valence-corrected chi connectivity index (χ4v) is 3.64. The number of alkyl halides is 1. The lowest BCUT2D eigenvalue weighted by molar-refractivity contribution is 0.302. The van der Waals surface area contributed by atoms with Crippen molar-refractivity contribution in [2.45, 2.75) is 30.7 Å². The Bertz CT molecular complexity index is 253. The molecule has 0 amide bonds. The molecule has 1 fully saturated rings. The van der Waals surface area contributed by atoms with E-state index in [9.17, 15) is 12.8 Å². The van der Waals surface area contributed by atoms with Crippen molar-refractivity contribution in [2.24, 2.45) is 0 Å². The van der Waals surface area contributed by atoms with Crippen LogP contribution in [0.2, 0.25) is 0 Å². The number of nitrogens with one attached hydrogen (secondary N) is 1. The molecule has 2 atom stereocenters. The van der Waals surface area contributed by atoms with E-state index in [2.05, 4.69) is 5.32 Å². The summed E-state index contributed by atoms with van der Waals surface area (Å²) >= 11 is 0. The summed E-state index contributed by atoms with van der Waals surface area (Å²) < 4.78 is 35.7. The van der Waals surface area contributed by atoms with E-state index < -0.39 is 21.3 Å². The largest absolute Gasteiger partial charge is 0.317 e. The third-order valence-corrected chi connectivity index (χ3v) is 4.71. The Morgan fingerprint density at radius 3 is 2.77 bits per heavy atom. The minimum absolute atomic E-state index is 0.156. The van der Waals surface area contributed by atoms with Gasteiger partial charge in [-0.25, -0.2) is 12.8 Å². The van der Waals surface area contributed by atoms with E-state index >= 15 is 0 Å². The lowest BCUT2D eigenvalue weighted by Crippen LogP contribution is -2.27. The molecule has 0 aromatic carbocycles. The van der Waals surface area contributed by atoms with Gasteiger partial charge in [0.25, 0.3) is 0 Å². The Kier molecular flexibility index (Phi) is 3.67. The zero-order valence-corrected chi connectivity index (χ0v) is 8.61. The van der Waals surface area contributed by atoms with Crippen LogP contribution in [0.1, 0.15) is 19.3 Å². The fraction of sp³-hybridized carbons (Fsp3) is 1.00. The standard InChI is InChI=1S/C8H16FNO2S/c1-10-6-7(9)5-8-3-2-4-13(8,11)12/h7-8,10H,2-6H2,1H3. The summed E-state index contributed by atoms with van der Waals surface area (Å²) in [5.74, 6) is 0.240. The third-order valence-electron chi connectivity index (χ3n) is 2.41. The van der Waals surface area contributed by atoms with Crippen LogP contribution in [-0.4, -0.2) is 39.2 Å². The van der Waals surface area contributed by atoms with E-state index in [4.69, 9.17) is 0 Å². The SMILES string of the molecule is CNCC(F)CC1CCCS1(=O)=O. The molecule has 1 aliphatic rings. The highest BCUT2D eigenvalue weighted by Crippen LogP contribution is 2.24. The Hall–Kier alpha value is -0.160. The zero-order valence-electron chi connectivity index (χ0n) is 7.79. The quantitative estimate of drug-likeness (QED) is 0.734. The second-order valence-corrected chi connectivity index (χ2v) is 5.92. The summed E-state index contributed by atoms with van der Waals surface area (Å²) in [5.41, 5.74) is 0. The highest BCUT2D eigenvalue weighted by atomic mass is 32.2. The Morgan fingerprint density at radius 1 is 1.62 bits per heavy atom. The maximum Gasteiger partial charge on any atom is 0.153 e. The van der Waals surface area contributed by atoms with Crippen LogP contribution in [0.3, 0.4) is 0 Å². The molecule has 3 nitrogen and oxygen atoms in total. The van der Waals surface area contributed by atoms with E-state index in [0.29, 0.717) is 12.8 Å². The van der Waals surface area contributed by atoms with Crippen molar-refractivity contribution in [2.75, 3.05) is 19.3 Å². The Balaban J connectivity index is 2.45. The monoisotopic (exact) mass is 209 g/mol. The number of hydrogen-bond donors (Lipinski definition) is 1. The number of rotatable bonds is 4. The van der Waals surface area contributed by atoms with E-state index in [0.717, 1.165) is 0 Å². The zero-order chi connectivity index (χ0) is 9.90. The Morgan fingerprint density at radius 2 is 2.31 bits per heavy atom. The van der Waals surface area contributed by atoms with Crippen LogP contribution in [0.15, 0.2) is 0 Å². The van der Waals surface area contributed by atoms with Crippen molar-refractivity contribution < 1.29 is 12.8 Å². The molecule has 1 aliphatic heterocycles. The molecule has 0 spiro atoms. The molecule has 1 heterocycles. The summed E-state index contributed by atoms with van der Waals surface area (Å²) in [6, 6.07) is 0. The molecule has 0 aliphatic carbocycles. The summed E-state index contributed by atoms with van der Waals surface area (Å²) in [6.45, 7) is 0.242. The minimum atomic E-state index is -2.97. The van der Waals surface area contributed by atoms with Gasteiger partial charge in [0, 0.05) is 6.54 Å². The molecule has 1 rings (SSSR count). The molecule has 2 unspecified atom stereocenters. The van der Waals surface area contributed by atoms with Gasteiger partial charge in [0.1, 0.15) is 6.17 Å². The summed E-state index contributed by atoms with van der Waals surface area (Å²) in [5, 5.41) is 2.26. The summed E-state index contributed by atoms with van der Waals surface area (Å²) in [4.78, 5) is 0. The van der Waals surface area contributed by atoms with Crippen LogP contribution < -0.4 is 5.32 Å². The van der Waals surface area contributed by atoms with Crippen LogP contribution in [-0.2, 0) is 9.84 Å². The van der Waals surface area contributed by atoms with Crippen molar-refractivity contribution >= 4 is 9.84 Å². The number of halogens is 1. The number of hydrogen-bond acceptors (Lipinski definition) is 3. The van der Waals surface area contributed by atoms with Gasteiger partial charge < -0.3 is 5.32 Å². The summed E-state index contributed by atoms with van der Waals surface area (Å²) in [6.07, 6.45) is 0.442. The van der Waals surface area contributed by atoms with Gasteiger partial charge in [-0.05, 0) is 26.3 Å². The van der Waals surface area contributed by atoms with Crippen molar-refractivity contribution in [1.29, 1.82) is 0 Å². The minimum Gasteiger partial charge on any atom is -0.317 e. The van der Waals surface area contributed by atoms with Gasteiger partial charge in [-0.15, -0.1) is 0 Å². The highest BCUT2D eigenvalue weighted by Gasteiger charge is 2.32. The van der Waals surface area contributed by atoms with Gasteiger partial charge in [-0.3, -0.25) is 0 Å². The molecule has 0 radical (unpaired) electrons. The lowest BCUT2D eigenvalue weighted by Gasteiger charge is -2.12. The first kappa shape index (κ1) is 10.9. The topological polar surface area (TPSA) is 46.2 Å². The van der Waals surface area contributed by atoms with Crippen LogP contribution in [0.5, 0.6) is 0 Å². The molecular weight excluding hydrogens is 193 g/mol. The fourth-order valence-electron chi connectivity index (χ4n) is 1.71. The van der Waals surface area contributed by atoms with Gasteiger partial charge in [0.15, 0.2) is 9.84 Å². The van der Waals surface area contributed by atoms with Crippen LogP contribution in [0.4, 0.5) is 4.39 Å². The second-order valence-electron chi connectivity index (χ2n) is 3.52. The maximum atomic E-state index is 13.1. The average Bonchev–Trinajstić information content (AvgIpc) is 2.31. The van der Waals surface area contributed by atoms with Gasteiger partial charge in [0.2, 0.25) is 0 Å². The van der Waals surface area contributed by atoms with E-state index in [-0.39, 0.29) is 18.7 Å². The molecule has 5 heteroatoms. The first-order valence-corrected chi connectivity index (χ1v) is 6.28. The van der Waals surface area contributed by atoms with Crippen molar-refractivity contribution in [1.82, 2.24) is 5.32 Å². The molecule has 13 heavy (non-hydrogen) atoms. The maximum absolute atomic E-state index is 13.1. The molecule has 0 saturated carbocycles. The van der Waals surface area contributed by atoms with E-state index in [1.807, 2.05) is 0 Å². The van der Waals surface area contributed by atoms with Gasteiger partial charge in [-0.1, -0.05) is 0 Å². The normalized spacial score (nSPS) is 28.9. The van der Waals surface area contributed by atoms with Gasteiger partial charge >= 0.3 is 0 Å². The lowest BCUT2D eigenvalue weighted by atomic mass is 10.1. The second kappa shape index (κ2) is 4.37. The van der Waals surface area contributed by atoms with Crippen LogP contribution in [0, 0.1) is 0 Å². The van der Waals surface area contributed by atoms with E-state index in [1.165, 1.54) is 0 Å². The number of sulfone groups is 1. The third kappa shape index (κ3) is 2.91. The van der Waals surface area contributed by atoms with Crippen molar-refractivity contribution in [3.05, 3.63) is 0 Å². The van der Waals surface area contributed by atoms with Gasteiger partial charge in [-0.2, -0.15) is 0 Å². The molecule has 1 saturated heterocycles. The molecule has 1 N–H and O–H groups in total. The predicted molar refractivity (Wildman–Crippen MR) is 50.2 cm³/mol. The van der Waals surface area contributed by atoms with Crippen molar-refractivity contribution in [3.8, 4) is 0 Å². The van der Waals surface area contributed by atoms with Crippen LogP contribution >= 0.6 is 0 Å². The summed E-state index contributed by atoms with van der Waals surface area (Å²) in [7, 11) is -1.31. The average molecular weight is 209 g/mol. The molecule has 78 valence electrons. The predicted octanol–water partition coefficient (Wildman–Crippen LogP) is 0.511. The van der Waals surface area contributed by atoms with Crippen LogP contribution in [0.25, 0.3) is 0 Å². The highest BCUT2D eigenvalue weighted by molar-refractivity contribution is 7.92. The molecule has 0 bridgehead atoms. The Labute approximate surface area is 78.6 Å². The first-order chi connectivity index (χ1) is 6.06. The molecule has 0 aromatic heterocycles. The van der Waals surface area contributed by atoms with E-state index in [1.54, 1.807) is 7.05 Å². The molecular formula is C8H16FNO2S. The molecule has 0 aromatic rings. The van der Waals surface area contributed by atoms with Gasteiger partial charge in [0.05, 0.1) is 11.0 Å². The van der Waals surface area contributed by atoms with Crippen molar-refractivity contribution in [3.63, 3.8) is 0 Å².